The number of carbonyl (C=O) groups is 1. The van der Waals surface area contributed by atoms with Crippen LogP contribution in [0.2, 0.25) is 0 Å². The molecule has 0 aromatic heterocycles. The summed E-state index contributed by atoms with van der Waals surface area (Å²) in [5.41, 5.74) is 4.22. The molecule has 0 saturated heterocycles. The molecule has 3 nitrogen and oxygen atoms in total. The summed E-state index contributed by atoms with van der Waals surface area (Å²) in [5, 5.41) is 3.98. The van der Waals surface area contributed by atoms with Crippen LogP contribution in [-0.4, -0.2) is 11.5 Å². The molecule has 0 unspecified atom stereocenters. The van der Waals surface area contributed by atoms with Gasteiger partial charge in [0, 0.05) is 6.42 Å². The van der Waals surface area contributed by atoms with Gasteiger partial charge in [-0.25, -0.2) is 0 Å². The third kappa shape index (κ3) is 3.01. The highest BCUT2D eigenvalue weighted by Gasteiger charge is 2.01. The average molecular weight is 190 g/mol. The van der Waals surface area contributed by atoms with Crippen LogP contribution in [0.3, 0.4) is 0 Å². The van der Waals surface area contributed by atoms with E-state index in [1.165, 1.54) is 0 Å². The molecule has 0 spiro atoms. The quantitative estimate of drug-likeness (QED) is 0.585. The third-order valence-corrected chi connectivity index (χ3v) is 1.85. The van der Waals surface area contributed by atoms with E-state index < -0.39 is 0 Å². The Morgan fingerprint density at radius 1 is 1.36 bits per heavy atom. The van der Waals surface area contributed by atoms with Crippen LogP contribution in [0.25, 0.3) is 0 Å². The molecule has 0 aliphatic rings. The van der Waals surface area contributed by atoms with Crippen LogP contribution in [0.15, 0.2) is 35.4 Å². The molecular weight excluding hydrogens is 176 g/mol. The molecular formula is C11H14N2O. The van der Waals surface area contributed by atoms with Gasteiger partial charge in [-0.05, 0) is 19.1 Å². The zero-order valence-corrected chi connectivity index (χ0v) is 8.45. The van der Waals surface area contributed by atoms with E-state index in [9.17, 15) is 4.79 Å². The number of rotatable bonds is 4. The Hall–Kier alpha value is -1.64. The molecule has 0 heterocycles. The summed E-state index contributed by atoms with van der Waals surface area (Å²) < 4.78 is 0. The third-order valence-electron chi connectivity index (χ3n) is 1.85. The maximum absolute atomic E-state index is 11.2. The Morgan fingerprint density at radius 3 is 2.57 bits per heavy atom. The van der Waals surface area contributed by atoms with E-state index in [2.05, 4.69) is 10.5 Å². The molecule has 0 radical (unpaired) electrons. The molecule has 0 aliphatic heterocycles. The summed E-state index contributed by atoms with van der Waals surface area (Å²) in [4.78, 5) is 11.2. The molecule has 0 atom stereocenters. The van der Waals surface area contributed by atoms with Crippen LogP contribution < -0.4 is 5.43 Å². The van der Waals surface area contributed by atoms with E-state index in [1.54, 1.807) is 6.92 Å². The van der Waals surface area contributed by atoms with Crippen LogP contribution in [0.1, 0.15) is 20.3 Å². The van der Waals surface area contributed by atoms with Gasteiger partial charge >= 0.3 is 0 Å². The maximum Gasteiger partial charge on any atom is 0.178 e. The number of benzene rings is 1. The second-order valence-corrected chi connectivity index (χ2v) is 2.95. The lowest BCUT2D eigenvalue weighted by atomic mass is 10.2. The lowest BCUT2D eigenvalue weighted by Crippen LogP contribution is -2.10. The van der Waals surface area contributed by atoms with Gasteiger partial charge in [-0.3, -0.25) is 10.2 Å². The molecule has 1 aromatic rings. The van der Waals surface area contributed by atoms with Gasteiger partial charge in [-0.2, -0.15) is 5.10 Å². The highest BCUT2D eigenvalue weighted by Crippen LogP contribution is 2.04. The van der Waals surface area contributed by atoms with Crippen LogP contribution in [0, 0.1) is 0 Å². The summed E-state index contributed by atoms with van der Waals surface area (Å²) in [6, 6.07) is 9.54. The van der Waals surface area contributed by atoms with Gasteiger partial charge in [0.2, 0.25) is 0 Å². The number of carbonyl (C=O) groups excluding carboxylic acids is 1. The van der Waals surface area contributed by atoms with Gasteiger partial charge in [-0.15, -0.1) is 0 Å². The van der Waals surface area contributed by atoms with Crippen molar-refractivity contribution < 1.29 is 4.79 Å². The van der Waals surface area contributed by atoms with E-state index in [1.807, 2.05) is 37.3 Å². The normalized spacial score (nSPS) is 11.1. The summed E-state index contributed by atoms with van der Waals surface area (Å²) in [5.74, 6) is 0.0634. The van der Waals surface area contributed by atoms with Crippen molar-refractivity contribution in [2.45, 2.75) is 20.3 Å². The van der Waals surface area contributed by atoms with Crippen molar-refractivity contribution in [3.63, 3.8) is 0 Å². The first-order valence-electron chi connectivity index (χ1n) is 4.62. The van der Waals surface area contributed by atoms with Crippen LogP contribution in [0.4, 0.5) is 5.69 Å². The van der Waals surface area contributed by atoms with Crippen LogP contribution >= 0.6 is 0 Å². The second kappa shape index (κ2) is 5.17. The monoisotopic (exact) mass is 190 g/mol. The smallest absolute Gasteiger partial charge is 0.178 e. The molecule has 0 bridgehead atoms. The van der Waals surface area contributed by atoms with Crippen molar-refractivity contribution in [3.05, 3.63) is 30.3 Å². The highest BCUT2D eigenvalue weighted by molar-refractivity contribution is 6.38. The number of hydrazone groups is 1. The van der Waals surface area contributed by atoms with Crippen molar-refractivity contribution in [2.24, 2.45) is 5.10 Å². The number of ketones is 1. The second-order valence-electron chi connectivity index (χ2n) is 2.95. The van der Waals surface area contributed by atoms with E-state index in [-0.39, 0.29) is 5.78 Å². The fourth-order valence-electron chi connectivity index (χ4n) is 0.979. The molecule has 0 saturated carbocycles. The first kappa shape index (κ1) is 10.4. The predicted molar refractivity (Wildman–Crippen MR) is 58.5 cm³/mol. The standard InChI is InChI=1S/C11H14N2O/c1-3-11(14)9(2)12-13-10-7-5-4-6-8-10/h4-8,13H,3H2,1-2H3/b12-9+. The Labute approximate surface area is 83.8 Å². The molecule has 0 fully saturated rings. The fraction of sp³-hybridized carbons (Fsp3) is 0.273. The minimum atomic E-state index is 0.0634. The number of anilines is 1. The Bertz CT molecular complexity index is 330. The highest BCUT2D eigenvalue weighted by atomic mass is 16.1. The maximum atomic E-state index is 11.2. The van der Waals surface area contributed by atoms with E-state index in [0.29, 0.717) is 12.1 Å². The van der Waals surface area contributed by atoms with Gasteiger partial charge < -0.3 is 0 Å². The van der Waals surface area contributed by atoms with Crippen molar-refractivity contribution in [1.29, 1.82) is 0 Å². The van der Waals surface area contributed by atoms with Gasteiger partial charge in [0.15, 0.2) is 5.78 Å². The molecule has 1 aromatic carbocycles. The number of para-hydroxylation sites is 1. The molecule has 3 heteroatoms. The van der Waals surface area contributed by atoms with Crippen molar-refractivity contribution in [3.8, 4) is 0 Å². The fourth-order valence-corrected chi connectivity index (χ4v) is 0.979. The van der Waals surface area contributed by atoms with Crippen LogP contribution in [0.5, 0.6) is 0 Å². The zero-order chi connectivity index (χ0) is 10.4. The number of hydrogen-bond acceptors (Lipinski definition) is 3. The Kier molecular flexibility index (Phi) is 3.85. The minimum Gasteiger partial charge on any atom is -0.293 e. The molecule has 1 N–H and O–H groups in total. The number of nitrogens with zero attached hydrogens (tertiary/aromatic N) is 1. The summed E-state index contributed by atoms with van der Waals surface area (Å²) in [7, 11) is 0. The Morgan fingerprint density at radius 2 is 2.00 bits per heavy atom. The molecule has 74 valence electrons. The topological polar surface area (TPSA) is 41.5 Å². The van der Waals surface area contributed by atoms with E-state index in [4.69, 9.17) is 0 Å². The average Bonchev–Trinajstić information content (AvgIpc) is 2.26. The van der Waals surface area contributed by atoms with Crippen molar-refractivity contribution >= 4 is 17.2 Å². The van der Waals surface area contributed by atoms with E-state index >= 15 is 0 Å². The first-order chi connectivity index (χ1) is 6.74. The number of nitrogens with one attached hydrogen (secondary N) is 1. The first-order valence-corrected chi connectivity index (χ1v) is 4.62. The van der Waals surface area contributed by atoms with Gasteiger partial charge in [-0.1, -0.05) is 25.1 Å². The minimum absolute atomic E-state index is 0.0634. The number of Topliss-reactive ketones (excluding diaryl/α,β-unsaturated/α-hetero) is 1. The predicted octanol–water partition coefficient (Wildman–Crippen LogP) is 2.45. The van der Waals surface area contributed by atoms with Crippen LogP contribution in [-0.2, 0) is 4.79 Å². The SMILES string of the molecule is CCC(=O)/C(C)=N/Nc1ccccc1. The molecule has 14 heavy (non-hydrogen) atoms. The van der Waals surface area contributed by atoms with Gasteiger partial charge in [0.1, 0.15) is 5.71 Å². The summed E-state index contributed by atoms with van der Waals surface area (Å²) in [6.45, 7) is 3.53. The van der Waals surface area contributed by atoms with E-state index in [0.717, 1.165) is 5.69 Å². The lowest BCUT2D eigenvalue weighted by Gasteiger charge is -2.00. The van der Waals surface area contributed by atoms with Crippen molar-refractivity contribution in [1.82, 2.24) is 0 Å². The summed E-state index contributed by atoms with van der Waals surface area (Å²) >= 11 is 0. The molecule has 0 aliphatic carbocycles. The van der Waals surface area contributed by atoms with Gasteiger partial charge in [0.05, 0.1) is 5.69 Å². The van der Waals surface area contributed by atoms with Crippen molar-refractivity contribution in [2.75, 3.05) is 5.43 Å². The van der Waals surface area contributed by atoms with Gasteiger partial charge in [0.25, 0.3) is 0 Å². The number of hydrogen-bond donors (Lipinski definition) is 1. The largest absolute Gasteiger partial charge is 0.293 e. The lowest BCUT2D eigenvalue weighted by molar-refractivity contribution is -0.112. The zero-order valence-electron chi connectivity index (χ0n) is 8.45. The molecule has 0 amide bonds. The summed E-state index contributed by atoms with van der Waals surface area (Å²) in [6.07, 6.45) is 0.492. The molecule has 1 rings (SSSR count). The Balaban J connectivity index is 2.59.